The number of aromatic nitrogens is 3. The molecule has 2 aromatic carbocycles. The summed E-state index contributed by atoms with van der Waals surface area (Å²) in [4.78, 5) is 25.7. The summed E-state index contributed by atoms with van der Waals surface area (Å²) < 4.78 is 2.45. The first-order valence-corrected chi connectivity index (χ1v) is 9.45. The van der Waals surface area contributed by atoms with Gasteiger partial charge in [0.05, 0.1) is 24.1 Å². The third-order valence-corrected chi connectivity index (χ3v) is 5.00. The molecular weight excluding hydrogens is 422 g/mol. The number of halogens is 1. The Hall–Kier alpha value is -3.13. The predicted octanol–water partition coefficient (Wildman–Crippen LogP) is 3.25. The second kappa shape index (κ2) is 7.47. The summed E-state index contributed by atoms with van der Waals surface area (Å²) in [6, 6.07) is 17.0. The predicted molar refractivity (Wildman–Crippen MR) is 107 cm³/mol. The summed E-state index contributed by atoms with van der Waals surface area (Å²) in [6.45, 7) is 2.01. The molecule has 0 fully saturated rings. The minimum atomic E-state index is -0.959. The number of rotatable bonds is 5. The van der Waals surface area contributed by atoms with Gasteiger partial charge in [-0.15, -0.1) is 5.10 Å². The molecule has 3 aromatic rings. The van der Waals surface area contributed by atoms with Gasteiger partial charge in [0.25, 0.3) is 5.91 Å². The highest BCUT2D eigenvalue weighted by Gasteiger charge is 2.40. The third-order valence-electron chi connectivity index (χ3n) is 4.47. The van der Waals surface area contributed by atoms with E-state index in [0.717, 1.165) is 15.7 Å². The highest BCUT2D eigenvalue weighted by molar-refractivity contribution is 9.10. The first kappa shape index (κ1) is 18.2. The number of benzene rings is 2. The number of amides is 1. The maximum Gasteiger partial charge on any atom is 0.259 e. The molecule has 2 heterocycles. The minimum Gasteiger partial charge on any atom is -0.291 e. The zero-order valence-corrected chi connectivity index (χ0v) is 16.6. The summed E-state index contributed by atoms with van der Waals surface area (Å²) in [5.41, 5.74) is 2.31. The van der Waals surface area contributed by atoms with Crippen molar-refractivity contribution in [2.75, 3.05) is 0 Å². The number of hydrogen-bond donors (Lipinski definition) is 0. The molecule has 0 aliphatic carbocycles. The molecule has 0 N–H and O–H groups in total. The van der Waals surface area contributed by atoms with Gasteiger partial charge in [0, 0.05) is 4.47 Å². The van der Waals surface area contributed by atoms with Gasteiger partial charge in [-0.2, -0.15) is 5.10 Å². The molecule has 0 bridgehead atoms. The average molecular weight is 438 g/mol. The molecule has 140 valence electrons. The van der Waals surface area contributed by atoms with Crippen molar-refractivity contribution in [1.82, 2.24) is 20.0 Å². The van der Waals surface area contributed by atoms with E-state index in [1.165, 1.54) is 15.9 Å². The Bertz CT molecular complexity index is 1060. The van der Waals surface area contributed by atoms with E-state index >= 15 is 0 Å². The van der Waals surface area contributed by atoms with Crippen molar-refractivity contribution in [1.29, 1.82) is 0 Å². The van der Waals surface area contributed by atoms with Gasteiger partial charge in [0.1, 0.15) is 11.6 Å². The zero-order valence-electron chi connectivity index (χ0n) is 15.0. The fraction of sp³-hybridized carbons (Fsp3) is 0.150. The maximum atomic E-state index is 12.9. The van der Waals surface area contributed by atoms with Crippen LogP contribution < -0.4 is 0 Å². The molecule has 0 radical (unpaired) electrons. The normalized spacial score (nSPS) is 16.4. The standard InChI is InChI=1S/C20H16BrN5O2/c1-13-18(20(28)26(23-13)11-14-5-3-2-4-6-14)19(27)17-12-25(24-22-17)16-9-7-15(21)8-10-16/h2-10,12,18H,11H2,1H3/t18-/m0/s1. The second-order valence-electron chi connectivity index (χ2n) is 6.44. The number of hydrazone groups is 1. The van der Waals surface area contributed by atoms with Gasteiger partial charge in [-0.25, -0.2) is 9.69 Å². The Labute approximate surface area is 169 Å². The van der Waals surface area contributed by atoms with Gasteiger partial charge < -0.3 is 0 Å². The Kier molecular flexibility index (Phi) is 4.87. The van der Waals surface area contributed by atoms with E-state index in [2.05, 4.69) is 31.3 Å². The van der Waals surface area contributed by atoms with Gasteiger partial charge in [-0.05, 0) is 36.8 Å². The van der Waals surface area contributed by atoms with Crippen LogP contribution in [0, 0.1) is 5.92 Å². The monoisotopic (exact) mass is 437 g/mol. The average Bonchev–Trinajstić information content (AvgIpc) is 3.28. The van der Waals surface area contributed by atoms with Gasteiger partial charge in [0.15, 0.2) is 0 Å². The molecule has 1 amide bonds. The molecule has 0 saturated heterocycles. The quantitative estimate of drug-likeness (QED) is 0.453. The lowest BCUT2D eigenvalue weighted by Crippen LogP contribution is -2.32. The summed E-state index contributed by atoms with van der Waals surface area (Å²) >= 11 is 3.38. The van der Waals surface area contributed by atoms with E-state index in [-0.39, 0.29) is 11.6 Å². The van der Waals surface area contributed by atoms with E-state index < -0.39 is 11.7 Å². The lowest BCUT2D eigenvalue weighted by molar-refractivity contribution is -0.131. The van der Waals surface area contributed by atoms with Gasteiger partial charge in [-0.1, -0.05) is 51.5 Å². The molecule has 4 rings (SSSR count). The second-order valence-corrected chi connectivity index (χ2v) is 7.36. The number of ketones is 1. The first-order valence-electron chi connectivity index (χ1n) is 8.66. The van der Waals surface area contributed by atoms with Crippen molar-refractivity contribution < 1.29 is 9.59 Å². The molecule has 0 saturated carbocycles. The molecule has 28 heavy (non-hydrogen) atoms. The van der Waals surface area contributed by atoms with Crippen LogP contribution in [0.4, 0.5) is 0 Å². The lowest BCUT2D eigenvalue weighted by atomic mass is 9.97. The Morgan fingerprint density at radius 2 is 1.82 bits per heavy atom. The van der Waals surface area contributed by atoms with E-state index in [4.69, 9.17) is 0 Å². The number of nitrogens with zero attached hydrogens (tertiary/aromatic N) is 5. The van der Waals surface area contributed by atoms with Crippen LogP contribution in [-0.4, -0.2) is 37.4 Å². The van der Waals surface area contributed by atoms with Crippen molar-refractivity contribution in [3.05, 3.63) is 76.5 Å². The number of carbonyl (C=O) groups excluding carboxylic acids is 2. The van der Waals surface area contributed by atoms with E-state index in [0.29, 0.717) is 12.3 Å². The van der Waals surface area contributed by atoms with E-state index in [9.17, 15) is 9.59 Å². The van der Waals surface area contributed by atoms with Crippen molar-refractivity contribution in [3.8, 4) is 5.69 Å². The largest absolute Gasteiger partial charge is 0.291 e. The van der Waals surface area contributed by atoms with E-state index in [1.807, 2.05) is 54.6 Å². The Balaban J connectivity index is 1.53. The molecular formula is C20H16BrN5O2. The topological polar surface area (TPSA) is 80.5 Å². The fourth-order valence-electron chi connectivity index (χ4n) is 3.04. The SMILES string of the molecule is CC1=NN(Cc2ccccc2)C(=O)[C@@H]1C(=O)c1cn(-c2ccc(Br)cc2)nn1. The molecule has 1 atom stereocenters. The van der Waals surface area contributed by atoms with Crippen molar-refractivity contribution >= 4 is 33.3 Å². The molecule has 1 aromatic heterocycles. The number of hydrogen-bond acceptors (Lipinski definition) is 5. The smallest absolute Gasteiger partial charge is 0.259 e. The first-order chi connectivity index (χ1) is 13.5. The molecule has 0 spiro atoms. The highest BCUT2D eigenvalue weighted by atomic mass is 79.9. The van der Waals surface area contributed by atoms with Crippen molar-refractivity contribution in [2.24, 2.45) is 11.0 Å². The molecule has 1 aliphatic heterocycles. The van der Waals surface area contributed by atoms with Crippen LogP contribution in [0.3, 0.4) is 0 Å². The van der Waals surface area contributed by atoms with E-state index in [1.54, 1.807) is 6.92 Å². The van der Waals surface area contributed by atoms with Crippen LogP contribution >= 0.6 is 15.9 Å². The minimum absolute atomic E-state index is 0.136. The van der Waals surface area contributed by atoms with Gasteiger partial charge in [0.2, 0.25) is 5.78 Å². The third kappa shape index (κ3) is 3.50. The van der Waals surface area contributed by atoms with Crippen LogP contribution in [0.1, 0.15) is 23.0 Å². The van der Waals surface area contributed by atoms with Crippen molar-refractivity contribution in [3.63, 3.8) is 0 Å². The molecule has 0 unspecified atom stereocenters. The van der Waals surface area contributed by atoms with Gasteiger partial charge in [-0.3, -0.25) is 9.59 Å². The number of Topliss-reactive ketones (excluding diaryl/α,β-unsaturated/α-hetero) is 1. The van der Waals surface area contributed by atoms with Crippen LogP contribution in [0.5, 0.6) is 0 Å². The summed E-state index contributed by atoms with van der Waals surface area (Å²) in [6.07, 6.45) is 1.53. The Morgan fingerprint density at radius 1 is 1.11 bits per heavy atom. The maximum absolute atomic E-state index is 12.9. The summed E-state index contributed by atoms with van der Waals surface area (Å²) in [7, 11) is 0. The highest BCUT2D eigenvalue weighted by Crippen LogP contribution is 2.22. The van der Waals surface area contributed by atoms with Crippen LogP contribution in [0.25, 0.3) is 5.69 Å². The number of carbonyl (C=O) groups is 2. The van der Waals surface area contributed by atoms with Crippen molar-refractivity contribution in [2.45, 2.75) is 13.5 Å². The molecule has 1 aliphatic rings. The summed E-state index contributed by atoms with van der Waals surface area (Å²) in [5, 5.41) is 13.6. The lowest BCUT2D eigenvalue weighted by Gasteiger charge is -2.13. The van der Waals surface area contributed by atoms with Crippen LogP contribution in [0.2, 0.25) is 0 Å². The van der Waals surface area contributed by atoms with Gasteiger partial charge >= 0.3 is 0 Å². The zero-order chi connectivity index (χ0) is 19.7. The molecule has 8 heteroatoms. The van der Waals surface area contributed by atoms with Crippen LogP contribution in [-0.2, 0) is 11.3 Å². The fourth-order valence-corrected chi connectivity index (χ4v) is 3.31. The summed E-state index contributed by atoms with van der Waals surface area (Å²) in [5.74, 6) is -1.70. The molecule has 7 nitrogen and oxygen atoms in total. The van der Waals surface area contributed by atoms with Crippen LogP contribution in [0.15, 0.2) is 70.4 Å². The Morgan fingerprint density at radius 3 is 2.54 bits per heavy atom.